The largest absolute Gasteiger partial charge is 0.439 e. The lowest BCUT2D eigenvalue weighted by Crippen LogP contribution is -2.16. The third-order valence-corrected chi connectivity index (χ3v) is 4.09. The summed E-state index contributed by atoms with van der Waals surface area (Å²) in [5.74, 6) is 0.820. The summed E-state index contributed by atoms with van der Waals surface area (Å²) in [6, 6.07) is 13.4. The number of hydrogen-bond acceptors (Lipinski definition) is 6. The Balaban J connectivity index is 1.60. The molecule has 0 saturated heterocycles. The van der Waals surface area contributed by atoms with Gasteiger partial charge in [-0.15, -0.1) is 16.4 Å². The maximum Gasteiger partial charge on any atom is 0.437 e. The summed E-state index contributed by atoms with van der Waals surface area (Å²) in [6.07, 6.45) is 1.63. The second-order valence-corrected chi connectivity index (χ2v) is 5.74. The fraction of sp³-hybridized carbons (Fsp3) is 0.0625. The molecule has 4 aromatic rings. The minimum Gasteiger partial charge on any atom is -0.439 e. The molecule has 0 saturated carbocycles. The highest BCUT2D eigenvalue weighted by Gasteiger charge is 2.14. The highest BCUT2D eigenvalue weighted by molar-refractivity contribution is 7.13. The van der Waals surface area contributed by atoms with Crippen LogP contribution < -0.4 is 5.76 Å². The van der Waals surface area contributed by atoms with Crippen molar-refractivity contribution in [3.8, 4) is 22.1 Å². The first kappa shape index (κ1) is 13.7. The molecule has 3 aromatic heterocycles. The van der Waals surface area contributed by atoms with Crippen LogP contribution in [-0.2, 0) is 6.54 Å². The topological polar surface area (TPSA) is 74.1 Å². The second-order valence-electron chi connectivity index (χ2n) is 4.79. The maximum atomic E-state index is 11.9. The van der Waals surface area contributed by atoms with Crippen LogP contribution in [0.1, 0.15) is 5.89 Å². The third kappa shape index (κ3) is 2.74. The van der Waals surface area contributed by atoms with Crippen molar-refractivity contribution in [3.63, 3.8) is 0 Å². The van der Waals surface area contributed by atoms with E-state index in [9.17, 15) is 4.79 Å². The summed E-state index contributed by atoms with van der Waals surface area (Å²) in [5.41, 5.74) is 0.929. The van der Waals surface area contributed by atoms with Gasteiger partial charge < -0.3 is 8.83 Å². The lowest BCUT2D eigenvalue weighted by molar-refractivity contribution is 0.445. The first-order chi connectivity index (χ1) is 11.3. The zero-order chi connectivity index (χ0) is 15.6. The minimum absolute atomic E-state index is 0.126. The number of nitrogens with zero attached hydrogens (tertiary/aromatic N) is 3. The predicted molar refractivity (Wildman–Crippen MR) is 85.1 cm³/mol. The van der Waals surface area contributed by atoms with Gasteiger partial charge in [0, 0.05) is 5.56 Å². The van der Waals surface area contributed by atoms with Crippen LogP contribution in [0, 0.1) is 0 Å². The van der Waals surface area contributed by atoms with E-state index < -0.39 is 5.76 Å². The minimum atomic E-state index is -0.534. The SMILES string of the molecule is O=c1oc(-c2cccs2)nn1Cc1ncc(-c2ccccc2)o1. The summed E-state index contributed by atoms with van der Waals surface area (Å²) in [5, 5.41) is 6.07. The van der Waals surface area contributed by atoms with E-state index in [1.54, 1.807) is 6.20 Å². The molecule has 0 unspecified atom stereocenters. The lowest BCUT2D eigenvalue weighted by atomic mass is 10.2. The fourth-order valence-corrected chi connectivity index (χ4v) is 2.80. The van der Waals surface area contributed by atoms with Gasteiger partial charge in [0.15, 0.2) is 5.76 Å². The molecule has 3 heterocycles. The molecule has 0 atom stereocenters. The Hall–Kier alpha value is -2.93. The molecule has 7 heteroatoms. The van der Waals surface area contributed by atoms with E-state index in [1.807, 2.05) is 47.8 Å². The van der Waals surface area contributed by atoms with Gasteiger partial charge in [-0.25, -0.2) is 9.78 Å². The van der Waals surface area contributed by atoms with E-state index in [2.05, 4.69) is 10.1 Å². The van der Waals surface area contributed by atoms with Gasteiger partial charge in [-0.3, -0.25) is 0 Å². The van der Waals surface area contributed by atoms with Gasteiger partial charge >= 0.3 is 5.76 Å². The number of hydrogen-bond donors (Lipinski definition) is 0. The number of aromatic nitrogens is 3. The molecule has 6 nitrogen and oxygen atoms in total. The molecule has 0 N–H and O–H groups in total. The normalized spacial score (nSPS) is 11.0. The molecular weight excluding hydrogens is 314 g/mol. The molecule has 0 fully saturated rings. The van der Waals surface area contributed by atoms with Crippen molar-refractivity contribution >= 4 is 11.3 Å². The fourth-order valence-electron chi connectivity index (χ4n) is 2.15. The molecule has 0 aliphatic rings. The Morgan fingerprint density at radius 2 is 1.96 bits per heavy atom. The van der Waals surface area contributed by atoms with E-state index in [-0.39, 0.29) is 6.54 Å². The van der Waals surface area contributed by atoms with Crippen molar-refractivity contribution in [2.75, 3.05) is 0 Å². The number of rotatable bonds is 4. The van der Waals surface area contributed by atoms with Crippen LogP contribution >= 0.6 is 11.3 Å². The number of thiophene rings is 1. The van der Waals surface area contributed by atoms with Gasteiger partial charge in [0.1, 0.15) is 6.54 Å². The van der Waals surface area contributed by atoms with Gasteiger partial charge in [-0.05, 0) is 11.4 Å². The summed E-state index contributed by atoms with van der Waals surface area (Å²) in [6.45, 7) is 0.126. The smallest absolute Gasteiger partial charge is 0.437 e. The Morgan fingerprint density at radius 1 is 1.09 bits per heavy atom. The molecule has 114 valence electrons. The molecule has 0 spiro atoms. The van der Waals surface area contributed by atoms with E-state index in [1.165, 1.54) is 16.0 Å². The molecular formula is C16H11N3O3S. The standard InChI is InChI=1S/C16H11N3O3S/c20-16-19(18-15(22-16)13-7-4-8-23-13)10-14-17-9-12(21-14)11-5-2-1-3-6-11/h1-9H,10H2. The van der Waals surface area contributed by atoms with E-state index in [0.717, 1.165) is 10.4 Å². The Labute approximate surface area is 134 Å². The molecule has 0 bridgehead atoms. The van der Waals surface area contributed by atoms with Crippen LogP contribution in [0.15, 0.2) is 67.7 Å². The van der Waals surface area contributed by atoms with Crippen molar-refractivity contribution in [3.05, 3.63) is 70.5 Å². The average Bonchev–Trinajstić information content (AvgIpc) is 3.31. The maximum absolute atomic E-state index is 11.9. The van der Waals surface area contributed by atoms with Crippen LogP contribution in [0.2, 0.25) is 0 Å². The van der Waals surface area contributed by atoms with Crippen molar-refractivity contribution in [1.29, 1.82) is 0 Å². The number of benzene rings is 1. The van der Waals surface area contributed by atoms with Gasteiger partial charge in [0.2, 0.25) is 5.89 Å². The first-order valence-electron chi connectivity index (χ1n) is 6.91. The molecule has 0 radical (unpaired) electrons. The Bertz CT molecular complexity index is 968. The zero-order valence-electron chi connectivity index (χ0n) is 11.9. The lowest BCUT2D eigenvalue weighted by Gasteiger charge is -1.95. The quantitative estimate of drug-likeness (QED) is 0.576. The van der Waals surface area contributed by atoms with Gasteiger partial charge in [-0.1, -0.05) is 36.4 Å². The highest BCUT2D eigenvalue weighted by atomic mass is 32.1. The summed E-state index contributed by atoms with van der Waals surface area (Å²) < 4.78 is 12.0. The Morgan fingerprint density at radius 3 is 2.74 bits per heavy atom. The van der Waals surface area contributed by atoms with Crippen LogP contribution in [0.5, 0.6) is 0 Å². The highest BCUT2D eigenvalue weighted by Crippen LogP contribution is 2.22. The molecule has 23 heavy (non-hydrogen) atoms. The zero-order valence-corrected chi connectivity index (χ0v) is 12.7. The molecule has 4 rings (SSSR count). The molecule has 0 aliphatic heterocycles. The van der Waals surface area contributed by atoms with E-state index >= 15 is 0 Å². The van der Waals surface area contributed by atoms with Crippen molar-refractivity contribution in [2.24, 2.45) is 0 Å². The number of oxazole rings is 1. The van der Waals surface area contributed by atoms with E-state index in [4.69, 9.17) is 8.83 Å². The van der Waals surface area contributed by atoms with Crippen molar-refractivity contribution < 1.29 is 8.83 Å². The van der Waals surface area contributed by atoms with Crippen molar-refractivity contribution in [2.45, 2.75) is 6.54 Å². The first-order valence-corrected chi connectivity index (χ1v) is 7.79. The summed E-state index contributed by atoms with van der Waals surface area (Å²) in [4.78, 5) is 16.9. The van der Waals surface area contributed by atoms with Crippen LogP contribution in [-0.4, -0.2) is 14.8 Å². The molecule has 0 amide bonds. The van der Waals surface area contributed by atoms with Gasteiger partial charge in [0.05, 0.1) is 11.1 Å². The predicted octanol–water partition coefficient (Wildman–Crippen LogP) is 3.27. The van der Waals surface area contributed by atoms with Gasteiger partial charge in [-0.2, -0.15) is 4.68 Å². The van der Waals surface area contributed by atoms with Crippen LogP contribution in [0.3, 0.4) is 0 Å². The second kappa shape index (κ2) is 5.69. The third-order valence-electron chi connectivity index (χ3n) is 3.24. The van der Waals surface area contributed by atoms with Crippen LogP contribution in [0.25, 0.3) is 22.1 Å². The molecule has 0 aliphatic carbocycles. The Kier molecular flexibility index (Phi) is 3.39. The molecule has 1 aromatic carbocycles. The monoisotopic (exact) mass is 325 g/mol. The van der Waals surface area contributed by atoms with Gasteiger partial charge in [0.25, 0.3) is 5.89 Å². The van der Waals surface area contributed by atoms with Crippen LogP contribution in [0.4, 0.5) is 0 Å². The van der Waals surface area contributed by atoms with Crippen molar-refractivity contribution in [1.82, 2.24) is 14.8 Å². The summed E-state index contributed by atoms with van der Waals surface area (Å²) in [7, 11) is 0. The van der Waals surface area contributed by atoms with E-state index in [0.29, 0.717) is 17.5 Å². The average molecular weight is 325 g/mol. The summed E-state index contributed by atoms with van der Waals surface area (Å²) >= 11 is 1.46.